The molecule has 1 atom stereocenters. The number of piperazine rings is 1. The quantitative estimate of drug-likeness (QED) is 0.833. The third kappa shape index (κ3) is 5.07. The molecular formula is C22H28FN3O. The Morgan fingerprint density at radius 3 is 2.37 bits per heavy atom. The van der Waals surface area contributed by atoms with Gasteiger partial charge >= 0.3 is 0 Å². The maximum absolute atomic E-state index is 13.9. The first-order valence-electron chi connectivity index (χ1n) is 9.68. The fourth-order valence-corrected chi connectivity index (χ4v) is 3.39. The molecule has 144 valence electrons. The maximum Gasteiger partial charge on any atom is 0.238 e. The lowest BCUT2D eigenvalue weighted by atomic mass is 9.99. The lowest BCUT2D eigenvalue weighted by Crippen LogP contribution is -2.48. The molecule has 1 fully saturated rings. The second-order valence-electron chi connectivity index (χ2n) is 7.19. The zero-order chi connectivity index (χ0) is 19.2. The fourth-order valence-electron chi connectivity index (χ4n) is 3.39. The van der Waals surface area contributed by atoms with E-state index < -0.39 is 0 Å². The molecule has 1 N–H and O–H groups in total. The summed E-state index contributed by atoms with van der Waals surface area (Å²) in [4.78, 5) is 16.5. The van der Waals surface area contributed by atoms with Crippen LogP contribution in [0.4, 0.5) is 15.8 Å². The summed E-state index contributed by atoms with van der Waals surface area (Å²) in [5.74, 6) is 0.329. The molecule has 1 aliphatic rings. The van der Waals surface area contributed by atoms with Crippen LogP contribution < -0.4 is 10.2 Å². The van der Waals surface area contributed by atoms with E-state index in [1.54, 1.807) is 12.1 Å². The minimum absolute atomic E-state index is 0.00867. The van der Waals surface area contributed by atoms with Crippen molar-refractivity contribution in [2.45, 2.75) is 26.2 Å². The van der Waals surface area contributed by atoms with E-state index >= 15 is 0 Å². The van der Waals surface area contributed by atoms with Gasteiger partial charge in [0, 0.05) is 31.9 Å². The Balaban J connectivity index is 1.47. The molecule has 2 aromatic carbocycles. The average Bonchev–Trinajstić information content (AvgIpc) is 2.69. The lowest BCUT2D eigenvalue weighted by molar-refractivity contribution is -0.117. The van der Waals surface area contributed by atoms with E-state index in [2.05, 4.69) is 36.2 Å². The molecule has 2 aromatic rings. The van der Waals surface area contributed by atoms with E-state index in [0.29, 0.717) is 18.2 Å². The number of carbonyl (C=O) groups is 1. The highest BCUT2D eigenvalue weighted by atomic mass is 19.1. The zero-order valence-corrected chi connectivity index (χ0v) is 16.1. The van der Waals surface area contributed by atoms with Gasteiger partial charge in [0.25, 0.3) is 0 Å². The average molecular weight is 369 g/mol. The minimum Gasteiger partial charge on any atom is -0.367 e. The fraction of sp³-hybridized carbons (Fsp3) is 0.409. The molecule has 1 aliphatic heterocycles. The Morgan fingerprint density at radius 2 is 1.74 bits per heavy atom. The molecule has 0 aromatic heterocycles. The Morgan fingerprint density at radius 1 is 1.07 bits per heavy atom. The van der Waals surface area contributed by atoms with Gasteiger partial charge in [0.05, 0.1) is 12.2 Å². The third-order valence-corrected chi connectivity index (χ3v) is 5.31. The summed E-state index contributed by atoms with van der Waals surface area (Å²) >= 11 is 0. The van der Waals surface area contributed by atoms with Gasteiger partial charge < -0.3 is 10.2 Å². The molecule has 1 amide bonds. The van der Waals surface area contributed by atoms with Gasteiger partial charge in [0.2, 0.25) is 5.91 Å². The van der Waals surface area contributed by atoms with Crippen LogP contribution in [0.1, 0.15) is 31.7 Å². The molecular weight excluding hydrogens is 341 g/mol. The molecule has 0 spiro atoms. The molecule has 0 radical (unpaired) electrons. The second kappa shape index (κ2) is 9.00. The molecule has 0 unspecified atom stereocenters. The zero-order valence-electron chi connectivity index (χ0n) is 16.1. The smallest absolute Gasteiger partial charge is 0.238 e. The number of hydrogen-bond donors (Lipinski definition) is 1. The van der Waals surface area contributed by atoms with Crippen LogP contribution in [-0.4, -0.2) is 43.5 Å². The molecule has 0 saturated carbocycles. The van der Waals surface area contributed by atoms with E-state index in [9.17, 15) is 9.18 Å². The van der Waals surface area contributed by atoms with Crippen LogP contribution in [0, 0.1) is 5.82 Å². The van der Waals surface area contributed by atoms with Crippen molar-refractivity contribution in [2.24, 2.45) is 0 Å². The SMILES string of the molecule is CC[C@@H](C)c1ccc(NC(=O)CN2CCN(c3ccccc3F)CC2)cc1. The highest BCUT2D eigenvalue weighted by molar-refractivity contribution is 5.92. The summed E-state index contributed by atoms with van der Waals surface area (Å²) < 4.78 is 13.9. The van der Waals surface area contributed by atoms with Gasteiger partial charge in [-0.2, -0.15) is 0 Å². The number of rotatable bonds is 6. The highest BCUT2D eigenvalue weighted by Crippen LogP contribution is 2.21. The van der Waals surface area contributed by atoms with Crippen LogP contribution in [0.2, 0.25) is 0 Å². The van der Waals surface area contributed by atoms with Gasteiger partial charge in [-0.25, -0.2) is 4.39 Å². The summed E-state index contributed by atoms with van der Waals surface area (Å²) in [6.07, 6.45) is 1.10. The Bertz CT molecular complexity index is 754. The van der Waals surface area contributed by atoms with Crippen molar-refractivity contribution in [3.05, 3.63) is 59.9 Å². The summed E-state index contributed by atoms with van der Waals surface area (Å²) in [7, 11) is 0. The Hall–Kier alpha value is -2.40. The lowest BCUT2D eigenvalue weighted by Gasteiger charge is -2.35. The summed E-state index contributed by atoms with van der Waals surface area (Å²) in [6.45, 7) is 7.66. The van der Waals surface area contributed by atoms with Crippen LogP contribution >= 0.6 is 0 Å². The molecule has 0 aliphatic carbocycles. The second-order valence-corrected chi connectivity index (χ2v) is 7.19. The third-order valence-electron chi connectivity index (χ3n) is 5.31. The molecule has 5 heteroatoms. The van der Waals surface area contributed by atoms with Gasteiger partial charge in [-0.15, -0.1) is 0 Å². The van der Waals surface area contributed by atoms with Crippen LogP contribution in [0.3, 0.4) is 0 Å². The van der Waals surface area contributed by atoms with E-state index in [-0.39, 0.29) is 11.7 Å². The van der Waals surface area contributed by atoms with E-state index in [1.165, 1.54) is 11.6 Å². The predicted molar refractivity (Wildman–Crippen MR) is 109 cm³/mol. The first-order valence-corrected chi connectivity index (χ1v) is 9.68. The first kappa shape index (κ1) is 19.4. The van der Waals surface area contributed by atoms with E-state index in [0.717, 1.165) is 38.3 Å². The van der Waals surface area contributed by atoms with Crippen molar-refractivity contribution in [1.82, 2.24) is 4.90 Å². The van der Waals surface area contributed by atoms with Crippen LogP contribution in [0.25, 0.3) is 0 Å². The summed E-state index contributed by atoms with van der Waals surface area (Å²) in [6, 6.07) is 14.9. The molecule has 1 heterocycles. The Labute approximate surface area is 161 Å². The maximum atomic E-state index is 13.9. The monoisotopic (exact) mass is 369 g/mol. The van der Waals surface area contributed by atoms with E-state index in [4.69, 9.17) is 0 Å². The van der Waals surface area contributed by atoms with Crippen LogP contribution in [0.5, 0.6) is 0 Å². The first-order chi connectivity index (χ1) is 13.1. The van der Waals surface area contributed by atoms with Crippen molar-refractivity contribution < 1.29 is 9.18 Å². The normalized spacial score (nSPS) is 16.2. The number of para-hydroxylation sites is 1. The number of halogens is 1. The number of carbonyl (C=O) groups excluding carboxylic acids is 1. The number of anilines is 2. The van der Waals surface area contributed by atoms with Crippen LogP contribution in [0.15, 0.2) is 48.5 Å². The summed E-state index contributed by atoms with van der Waals surface area (Å²) in [5.41, 5.74) is 2.76. The van der Waals surface area contributed by atoms with Crippen molar-refractivity contribution in [2.75, 3.05) is 42.9 Å². The Kier molecular flexibility index (Phi) is 6.45. The minimum atomic E-state index is -0.190. The van der Waals surface area contributed by atoms with E-state index in [1.807, 2.05) is 23.1 Å². The van der Waals surface area contributed by atoms with Crippen molar-refractivity contribution in [3.8, 4) is 0 Å². The van der Waals surface area contributed by atoms with Gasteiger partial charge in [-0.05, 0) is 42.2 Å². The number of amides is 1. The largest absolute Gasteiger partial charge is 0.367 e. The molecule has 3 rings (SSSR count). The standard InChI is InChI=1S/C22H28FN3O/c1-3-17(2)18-8-10-19(11-9-18)24-22(27)16-25-12-14-26(15-13-25)21-7-5-4-6-20(21)23/h4-11,17H,3,12-16H2,1-2H3,(H,24,27)/t17-/m1/s1. The van der Waals surface area contributed by atoms with Crippen molar-refractivity contribution in [1.29, 1.82) is 0 Å². The number of nitrogens with one attached hydrogen (secondary N) is 1. The topological polar surface area (TPSA) is 35.6 Å². The van der Waals surface area contributed by atoms with Crippen molar-refractivity contribution >= 4 is 17.3 Å². The number of benzene rings is 2. The molecule has 0 bridgehead atoms. The molecule has 4 nitrogen and oxygen atoms in total. The van der Waals surface area contributed by atoms with Gasteiger partial charge in [0.15, 0.2) is 0 Å². The van der Waals surface area contributed by atoms with Gasteiger partial charge in [0.1, 0.15) is 5.82 Å². The molecule has 1 saturated heterocycles. The van der Waals surface area contributed by atoms with Crippen LogP contribution in [-0.2, 0) is 4.79 Å². The highest BCUT2D eigenvalue weighted by Gasteiger charge is 2.20. The predicted octanol–water partition coefficient (Wildman–Crippen LogP) is 4.10. The molecule has 27 heavy (non-hydrogen) atoms. The summed E-state index contributed by atoms with van der Waals surface area (Å²) in [5, 5.41) is 2.97. The van der Waals surface area contributed by atoms with Gasteiger partial charge in [-0.1, -0.05) is 38.1 Å². The van der Waals surface area contributed by atoms with Crippen molar-refractivity contribution in [3.63, 3.8) is 0 Å². The number of hydrogen-bond acceptors (Lipinski definition) is 3. The van der Waals surface area contributed by atoms with Gasteiger partial charge in [-0.3, -0.25) is 9.69 Å². The number of nitrogens with zero attached hydrogens (tertiary/aromatic N) is 2.